The standard InChI is InChI=1S/C13H11BrClFN2O/c1-17-6-8-4-9(14)7-18-13(8)19-10-2-3-11(15)12(16)5-10/h2-5,7,17H,6H2,1H3. The zero-order valence-electron chi connectivity index (χ0n) is 10.1. The maximum Gasteiger partial charge on any atom is 0.223 e. The first-order valence-electron chi connectivity index (χ1n) is 5.52. The summed E-state index contributed by atoms with van der Waals surface area (Å²) >= 11 is 8.97. The van der Waals surface area contributed by atoms with E-state index >= 15 is 0 Å². The lowest BCUT2D eigenvalue weighted by Crippen LogP contribution is -2.07. The SMILES string of the molecule is CNCc1cc(Br)cnc1Oc1ccc(Cl)c(F)c1. The lowest BCUT2D eigenvalue weighted by atomic mass is 10.2. The molecule has 1 aromatic carbocycles. The first-order valence-corrected chi connectivity index (χ1v) is 6.69. The number of hydrogen-bond donors (Lipinski definition) is 1. The highest BCUT2D eigenvalue weighted by molar-refractivity contribution is 9.10. The maximum atomic E-state index is 13.3. The molecule has 1 N–H and O–H groups in total. The smallest absolute Gasteiger partial charge is 0.223 e. The number of pyridine rings is 1. The molecule has 0 bridgehead atoms. The first-order chi connectivity index (χ1) is 9.10. The van der Waals surface area contributed by atoms with Gasteiger partial charge in [-0.25, -0.2) is 9.37 Å². The van der Waals surface area contributed by atoms with Gasteiger partial charge in [0.05, 0.1) is 5.02 Å². The molecule has 0 saturated heterocycles. The van der Waals surface area contributed by atoms with Crippen LogP contribution in [-0.2, 0) is 6.54 Å². The maximum absolute atomic E-state index is 13.3. The fourth-order valence-corrected chi connectivity index (χ4v) is 2.03. The largest absolute Gasteiger partial charge is 0.439 e. The molecule has 100 valence electrons. The number of nitrogens with zero attached hydrogens (tertiary/aromatic N) is 1. The fraction of sp³-hybridized carbons (Fsp3) is 0.154. The Morgan fingerprint density at radius 2 is 2.21 bits per heavy atom. The third-order valence-corrected chi connectivity index (χ3v) is 3.10. The van der Waals surface area contributed by atoms with Crippen molar-refractivity contribution in [2.24, 2.45) is 0 Å². The van der Waals surface area contributed by atoms with Gasteiger partial charge in [-0.1, -0.05) is 11.6 Å². The van der Waals surface area contributed by atoms with Crippen molar-refractivity contribution in [2.75, 3.05) is 7.05 Å². The second kappa shape index (κ2) is 6.32. The van der Waals surface area contributed by atoms with Crippen LogP contribution in [0.3, 0.4) is 0 Å². The zero-order valence-corrected chi connectivity index (χ0v) is 12.4. The number of ether oxygens (including phenoxy) is 1. The molecule has 0 spiro atoms. The summed E-state index contributed by atoms with van der Waals surface area (Å²) in [5.41, 5.74) is 0.868. The summed E-state index contributed by atoms with van der Waals surface area (Å²) < 4.78 is 19.8. The third-order valence-electron chi connectivity index (χ3n) is 2.36. The van der Waals surface area contributed by atoms with Gasteiger partial charge in [-0.2, -0.15) is 0 Å². The van der Waals surface area contributed by atoms with E-state index in [4.69, 9.17) is 16.3 Å². The van der Waals surface area contributed by atoms with Crippen LogP contribution in [0.15, 0.2) is 34.9 Å². The highest BCUT2D eigenvalue weighted by Crippen LogP contribution is 2.27. The van der Waals surface area contributed by atoms with Crippen molar-refractivity contribution < 1.29 is 9.13 Å². The van der Waals surface area contributed by atoms with E-state index in [1.54, 1.807) is 12.3 Å². The molecule has 0 unspecified atom stereocenters. The predicted molar refractivity (Wildman–Crippen MR) is 76.2 cm³/mol. The molecule has 3 nitrogen and oxygen atoms in total. The van der Waals surface area contributed by atoms with Gasteiger partial charge in [0.15, 0.2) is 0 Å². The van der Waals surface area contributed by atoms with Gasteiger partial charge in [-0.05, 0) is 41.2 Å². The van der Waals surface area contributed by atoms with Crippen molar-refractivity contribution in [3.05, 3.63) is 51.3 Å². The van der Waals surface area contributed by atoms with Crippen LogP contribution in [0.1, 0.15) is 5.56 Å². The van der Waals surface area contributed by atoms with Gasteiger partial charge in [-0.3, -0.25) is 0 Å². The highest BCUT2D eigenvalue weighted by atomic mass is 79.9. The molecule has 0 saturated carbocycles. The van der Waals surface area contributed by atoms with Crippen LogP contribution in [0.25, 0.3) is 0 Å². The Morgan fingerprint density at radius 1 is 1.42 bits per heavy atom. The van der Waals surface area contributed by atoms with Crippen LogP contribution >= 0.6 is 27.5 Å². The molecule has 0 amide bonds. The van der Waals surface area contributed by atoms with Crippen LogP contribution in [-0.4, -0.2) is 12.0 Å². The van der Waals surface area contributed by atoms with E-state index in [1.165, 1.54) is 12.1 Å². The van der Waals surface area contributed by atoms with Crippen molar-refractivity contribution in [1.82, 2.24) is 10.3 Å². The van der Waals surface area contributed by atoms with E-state index in [1.807, 2.05) is 13.1 Å². The van der Waals surface area contributed by atoms with Crippen LogP contribution in [0.4, 0.5) is 4.39 Å². The summed E-state index contributed by atoms with van der Waals surface area (Å²) in [5.74, 6) is 0.264. The van der Waals surface area contributed by atoms with Gasteiger partial charge in [0.2, 0.25) is 5.88 Å². The van der Waals surface area contributed by atoms with Gasteiger partial charge < -0.3 is 10.1 Å². The minimum atomic E-state index is -0.522. The van der Waals surface area contributed by atoms with E-state index in [9.17, 15) is 4.39 Å². The second-order valence-corrected chi connectivity index (χ2v) is 5.15. The average Bonchev–Trinajstić information content (AvgIpc) is 2.37. The Balaban J connectivity index is 2.29. The lowest BCUT2D eigenvalue weighted by Gasteiger charge is -2.10. The summed E-state index contributed by atoms with van der Waals surface area (Å²) in [4.78, 5) is 4.18. The molecule has 6 heteroatoms. The van der Waals surface area contributed by atoms with Crippen LogP contribution in [0.2, 0.25) is 5.02 Å². The quantitative estimate of drug-likeness (QED) is 0.904. The molecular formula is C13H11BrClFN2O. The molecule has 0 aliphatic rings. The molecule has 0 radical (unpaired) electrons. The highest BCUT2D eigenvalue weighted by Gasteiger charge is 2.09. The Kier molecular flexibility index (Phi) is 4.74. The van der Waals surface area contributed by atoms with Gasteiger partial charge in [0.1, 0.15) is 11.6 Å². The van der Waals surface area contributed by atoms with Crippen LogP contribution in [0, 0.1) is 5.82 Å². The fourth-order valence-electron chi connectivity index (χ4n) is 1.53. The van der Waals surface area contributed by atoms with Crippen LogP contribution in [0.5, 0.6) is 11.6 Å². The van der Waals surface area contributed by atoms with E-state index in [0.717, 1.165) is 10.0 Å². The Morgan fingerprint density at radius 3 is 2.89 bits per heavy atom. The summed E-state index contributed by atoms with van der Waals surface area (Å²) in [7, 11) is 1.83. The van der Waals surface area contributed by atoms with Crippen molar-refractivity contribution >= 4 is 27.5 Å². The number of benzene rings is 1. The minimum absolute atomic E-state index is 0.0616. The molecule has 0 aliphatic heterocycles. The van der Waals surface area contributed by atoms with Crippen LogP contribution < -0.4 is 10.1 Å². The van der Waals surface area contributed by atoms with Gasteiger partial charge in [0.25, 0.3) is 0 Å². The summed E-state index contributed by atoms with van der Waals surface area (Å²) in [6.07, 6.45) is 1.63. The van der Waals surface area contributed by atoms with Crippen molar-refractivity contribution in [3.8, 4) is 11.6 Å². The van der Waals surface area contributed by atoms with E-state index < -0.39 is 5.82 Å². The van der Waals surface area contributed by atoms with E-state index in [-0.39, 0.29) is 5.02 Å². The summed E-state index contributed by atoms with van der Waals surface area (Å²) in [5, 5.41) is 3.08. The molecule has 2 aromatic rings. The Bertz CT molecular complexity index is 595. The average molecular weight is 346 g/mol. The third kappa shape index (κ3) is 3.65. The van der Waals surface area contributed by atoms with Crippen molar-refractivity contribution in [2.45, 2.75) is 6.54 Å². The van der Waals surface area contributed by atoms with Crippen molar-refractivity contribution in [3.63, 3.8) is 0 Å². The Hall–Kier alpha value is -1.17. The van der Waals surface area contributed by atoms with E-state index in [0.29, 0.717) is 18.2 Å². The number of hydrogen-bond acceptors (Lipinski definition) is 3. The van der Waals surface area contributed by atoms with E-state index in [2.05, 4.69) is 26.2 Å². The first kappa shape index (κ1) is 14.2. The minimum Gasteiger partial charge on any atom is -0.439 e. The predicted octanol–water partition coefficient (Wildman–Crippen LogP) is 4.15. The van der Waals surface area contributed by atoms with Gasteiger partial charge >= 0.3 is 0 Å². The molecular weight excluding hydrogens is 335 g/mol. The monoisotopic (exact) mass is 344 g/mol. The zero-order chi connectivity index (χ0) is 13.8. The number of rotatable bonds is 4. The molecule has 0 atom stereocenters. The topological polar surface area (TPSA) is 34.2 Å². The summed E-state index contributed by atoms with van der Waals surface area (Å²) in [6.45, 7) is 0.595. The Labute approximate surface area is 123 Å². The van der Waals surface area contributed by atoms with Gasteiger partial charge in [0, 0.05) is 28.8 Å². The molecule has 1 heterocycles. The molecule has 19 heavy (non-hydrogen) atoms. The summed E-state index contributed by atoms with van der Waals surface area (Å²) in [6, 6.07) is 6.17. The van der Waals surface area contributed by atoms with Gasteiger partial charge in [-0.15, -0.1) is 0 Å². The molecule has 2 rings (SSSR count). The second-order valence-electron chi connectivity index (χ2n) is 3.83. The number of aromatic nitrogens is 1. The number of halogens is 3. The number of nitrogens with one attached hydrogen (secondary N) is 1. The lowest BCUT2D eigenvalue weighted by molar-refractivity contribution is 0.449. The van der Waals surface area contributed by atoms with Crippen molar-refractivity contribution in [1.29, 1.82) is 0 Å². The molecule has 0 aliphatic carbocycles. The molecule has 1 aromatic heterocycles. The molecule has 0 fully saturated rings. The normalized spacial score (nSPS) is 10.5.